The molecule has 0 unspecified atom stereocenters. The minimum absolute atomic E-state index is 0. The summed E-state index contributed by atoms with van der Waals surface area (Å²) < 4.78 is 0. The summed E-state index contributed by atoms with van der Waals surface area (Å²) in [5.41, 5.74) is 0.731. The van der Waals surface area contributed by atoms with Gasteiger partial charge in [0.05, 0.1) is 6.42 Å². The van der Waals surface area contributed by atoms with Gasteiger partial charge in [0, 0.05) is 12.4 Å². The number of hydrogen-bond acceptors (Lipinski definition) is 2. The van der Waals surface area contributed by atoms with Crippen LogP contribution < -0.4 is 0 Å². The second kappa shape index (κ2) is 4.40. The van der Waals surface area contributed by atoms with Gasteiger partial charge in [0.15, 0.2) is 0 Å². The van der Waals surface area contributed by atoms with Crippen LogP contribution in [-0.2, 0) is 11.2 Å². The van der Waals surface area contributed by atoms with Gasteiger partial charge in [0.25, 0.3) is 0 Å². The van der Waals surface area contributed by atoms with Crippen LogP contribution in [0.5, 0.6) is 0 Å². The average Bonchev–Trinajstić information content (AvgIpc) is 1.88. The standard InChI is InChI=1S/C7H7NO2.H2O/c9-7(10)4-6-2-1-3-8-5-6;/h1-3,5H,4H2,(H,9,10);1H2. The largest absolute Gasteiger partial charge is 0.481 e. The predicted molar refractivity (Wildman–Crippen MR) is 39.2 cm³/mol. The van der Waals surface area contributed by atoms with Crippen LogP contribution in [0, 0.1) is 0 Å². The maximum Gasteiger partial charge on any atom is 0.307 e. The molecule has 1 aromatic rings. The summed E-state index contributed by atoms with van der Waals surface area (Å²) in [6.07, 6.45) is 3.22. The molecule has 11 heavy (non-hydrogen) atoms. The van der Waals surface area contributed by atoms with Crippen LogP contribution in [0.25, 0.3) is 0 Å². The molecular formula is C7H9NO3. The van der Waals surface area contributed by atoms with Crippen molar-refractivity contribution in [1.29, 1.82) is 0 Å². The number of rotatable bonds is 2. The first-order valence-corrected chi connectivity index (χ1v) is 2.90. The maximum atomic E-state index is 10.1. The maximum absolute atomic E-state index is 10.1. The van der Waals surface area contributed by atoms with E-state index in [0.29, 0.717) is 0 Å². The number of hydrogen-bond donors (Lipinski definition) is 1. The Morgan fingerprint density at radius 2 is 2.36 bits per heavy atom. The molecule has 60 valence electrons. The van der Waals surface area contributed by atoms with Crippen LogP contribution in [0.2, 0.25) is 0 Å². The van der Waals surface area contributed by atoms with Crippen molar-refractivity contribution in [3.8, 4) is 0 Å². The van der Waals surface area contributed by atoms with E-state index >= 15 is 0 Å². The van der Waals surface area contributed by atoms with Gasteiger partial charge in [-0.3, -0.25) is 9.78 Å². The van der Waals surface area contributed by atoms with Gasteiger partial charge < -0.3 is 10.6 Å². The summed E-state index contributed by atoms with van der Waals surface area (Å²) in [4.78, 5) is 13.9. The molecule has 0 saturated carbocycles. The number of pyridine rings is 1. The lowest BCUT2D eigenvalue weighted by Gasteiger charge is -1.91. The van der Waals surface area contributed by atoms with E-state index in [0.717, 1.165) is 5.56 Å². The molecule has 0 aliphatic rings. The number of carboxylic acids is 1. The number of aromatic nitrogens is 1. The number of aliphatic carboxylic acids is 1. The second-order valence-corrected chi connectivity index (χ2v) is 1.93. The zero-order valence-electron chi connectivity index (χ0n) is 5.82. The quantitative estimate of drug-likeness (QED) is 0.646. The van der Waals surface area contributed by atoms with Gasteiger partial charge in [-0.2, -0.15) is 0 Å². The van der Waals surface area contributed by atoms with Crippen LogP contribution in [0.1, 0.15) is 5.56 Å². The summed E-state index contributed by atoms with van der Waals surface area (Å²) in [5.74, 6) is -0.826. The average molecular weight is 155 g/mol. The SMILES string of the molecule is O.O=C(O)Cc1cccnc1. The van der Waals surface area contributed by atoms with Gasteiger partial charge in [-0.1, -0.05) is 6.07 Å². The lowest BCUT2D eigenvalue weighted by Crippen LogP contribution is -1.99. The summed E-state index contributed by atoms with van der Waals surface area (Å²) in [7, 11) is 0. The smallest absolute Gasteiger partial charge is 0.307 e. The molecule has 0 aliphatic carbocycles. The van der Waals surface area contributed by atoms with Gasteiger partial charge in [-0.15, -0.1) is 0 Å². The molecular weight excluding hydrogens is 146 g/mol. The zero-order valence-corrected chi connectivity index (χ0v) is 5.82. The number of carbonyl (C=O) groups is 1. The predicted octanol–water partition coefficient (Wildman–Crippen LogP) is -0.116. The lowest BCUT2D eigenvalue weighted by molar-refractivity contribution is -0.136. The van der Waals surface area contributed by atoms with Crippen molar-refractivity contribution in [2.45, 2.75) is 6.42 Å². The molecule has 0 aliphatic heterocycles. The first-order valence-electron chi connectivity index (χ1n) is 2.90. The van der Waals surface area contributed by atoms with Gasteiger partial charge in [0.2, 0.25) is 0 Å². The van der Waals surface area contributed by atoms with E-state index in [-0.39, 0.29) is 11.9 Å². The van der Waals surface area contributed by atoms with E-state index in [4.69, 9.17) is 5.11 Å². The van der Waals surface area contributed by atoms with Crippen molar-refractivity contribution in [1.82, 2.24) is 4.98 Å². The molecule has 0 aromatic carbocycles. The van der Waals surface area contributed by atoms with Gasteiger partial charge >= 0.3 is 5.97 Å². The Morgan fingerprint density at radius 3 is 2.82 bits per heavy atom. The molecule has 0 amide bonds. The van der Waals surface area contributed by atoms with E-state index < -0.39 is 5.97 Å². The lowest BCUT2D eigenvalue weighted by atomic mass is 10.2. The topological polar surface area (TPSA) is 81.7 Å². The number of nitrogens with zero attached hydrogens (tertiary/aromatic N) is 1. The Kier molecular flexibility index (Phi) is 3.84. The van der Waals surface area contributed by atoms with Crippen LogP contribution in [0.4, 0.5) is 0 Å². The third-order valence-electron chi connectivity index (χ3n) is 1.08. The third kappa shape index (κ3) is 3.32. The molecule has 0 spiro atoms. The Hall–Kier alpha value is -1.42. The van der Waals surface area contributed by atoms with Crippen molar-refractivity contribution in [2.24, 2.45) is 0 Å². The highest BCUT2D eigenvalue weighted by Crippen LogP contribution is 1.95. The van der Waals surface area contributed by atoms with E-state index in [1.807, 2.05) is 0 Å². The fourth-order valence-corrected chi connectivity index (χ4v) is 0.677. The highest BCUT2D eigenvalue weighted by Gasteiger charge is 1.97. The van der Waals surface area contributed by atoms with Crippen LogP contribution in [-0.4, -0.2) is 21.5 Å². The molecule has 0 fully saturated rings. The summed E-state index contributed by atoms with van der Waals surface area (Å²) in [6, 6.07) is 3.46. The summed E-state index contributed by atoms with van der Waals surface area (Å²) >= 11 is 0. The molecule has 0 radical (unpaired) electrons. The normalized spacial score (nSPS) is 8.36. The second-order valence-electron chi connectivity index (χ2n) is 1.93. The Morgan fingerprint density at radius 1 is 1.64 bits per heavy atom. The van der Waals surface area contributed by atoms with Crippen molar-refractivity contribution in [3.63, 3.8) is 0 Å². The molecule has 1 rings (SSSR count). The Balaban J connectivity index is 0.000001000. The van der Waals surface area contributed by atoms with Gasteiger partial charge in [-0.25, -0.2) is 0 Å². The van der Waals surface area contributed by atoms with Crippen molar-refractivity contribution in [2.75, 3.05) is 0 Å². The zero-order chi connectivity index (χ0) is 7.40. The third-order valence-corrected chi connectivity index (χ3v) is 1.08. The molecule has 0 atom stereocenters. The van der Waals surface area contributed by atoms with Gasteiger partial charge in [-0.05, 0) is 11.6 Å². The molecule has 1 heterocycles. The highest BCUT2D eigenvalue weighted by atomic mass is 16.4. The van der Waals surface area contributed by atoms with E-state index in [1.54, 1.807) is 24.5 Å². The fraction of sp³-hybridized carbons (Fsp3) is 0.143. The number of carboxylic acid groups (broad SMARTS) is 1. The van der Waals surface area contributed by atoms with E-state index in [1.165, 1.54) is 0 Å². The molecule has 3 N–H and O–H groups in total. The first-order chi connectivity index (χ1) is 4.79. The van der Waals surface area contributed by atoms with Crippen molar-refractivity contribution >= 4 is 5.97 Å². The Labute approximate surface area is 63.8 Å². The summed E-state index contributed by atoms with van der Waals surface area (Å²) in [5, 5.41) is 8.34. The van der Waals surface area contributed by atoms with Crippen LogP contribution in [0.3, 0.4) is 0 Å². The molecule has 1 aromatic heterocycles. The Bertz CT molecular complexity index is 222. The molecule has 0 bridgehead atoms. The summed E-state index contributed by atoms with van der Waals surface area (Å²) in [6.45, 7) is 0. The molecule has 0 saturated heterocycles. The first kappa shape index (κ1) is 9.58. The van der Waals surface area contributed by atoms with E-state index in [2.05, 4.69) is 4.98 Å². The highest BCUT2D eigenvalue weighted by molar-refractivity contribution is 5.69. The van der Waals surface area contributed by atoms with E-state index in [9.17, 15) is 4.79 Å². The monoisotopic (exact) mass is 155 g/mol. The van der Waals surface area contributed by atoms with Crippen molar-refractivity contribution < 1.29 is 15.4 Å². The minimum Gasteiger partial charge on any atom is -0.481 e. The fourth-order valence-electron chi connectivity index (χ4n) is 0.677. The minimum atomic E-state index is -0.826. The molecule has 4 nitrogen and oxygen atoms in total. The van der Waals surface area contributed by atoms with Crippen LogP contribution >= 0.6 is 0 Å². The molecule has 4 heteroatoms. The van der Waals surface area contributed by atoms with Gasteiger partial charge in [0.1, 0.15) is 0 Å². The van der Waals surface area contributed by atoms with Crippen molar-refractivity contribution in [3.05, 3.63) is 30.1 Å². The van der Waals surface area contributed by atoms with Crippen LogP contribution in [0.15, 0.2) is 24.5 Å².